The second kappa shape index (κ2) is 13.0. The average molecular weight is 534 g/mol. The highest BCUT2D eigenvalue weighted by Gasteiger charge is 2.27. The standard InChI is InChI=1S/C21H38N6O2.HI/c1-6-26(20(28)29-21(2,3)4)16-18-8-13-27(14-9-18)19(22-5)24-10-7-12-25-15-11-23-17-25;/h11,15,17-18H,6-10,12-14,16H2,1-5H3,(H,22,24);1H. The smallest absolute Gasteiger partial charge is 0.410 e. The van der Waals surface area contributed by atoms with Crippen molar-refractivity contribution >= 4 is 36.0 Å². The van der Waals surface area contributed by atoms with Gasteiger partial charge in [-0.15, -0.1) is 24.0 Å². The summed E-state index contributed by atoms with van der Waals surface area (Å²) in [4.78, 5) is 25.0. The Hall–Kier alpha value is -1.52. The minimum absolute atomic E-state index is 0. The Morgan fingerprint density at radius 3 is 2.57 bits per heavy atom. The predicted octanol–water partition coefficient (Wildman–Crippen LogP) is 3.44. The molecule has 0 saturated carbocycles. The maximum atomic E-state index is 12.4. The van der Waals surface area contributed by atoms with Gasteiger partial charge in [0.15, 0.2) is 5.96 Å². The quantitative estimate of drug-likeness (QED) is 0.251. The number of aliphatic imine (C=N–C) groups is 1. The van der Waals surface area contributed by atoms with Crippen LogP contribution in [0.15, 0.2) is 23.7 Å². The number of aryl methyl sites for hydroxylation is 1. The van der Waals surface area contributed by atoms with Crippen molar-refractivity contribution in [1.29, 1.82) is 0 Å². The van der Waals surface area contributed by atoms with Gasteiger partial charge in [-0.3, -0.25) is 4.99 Å². The van der Waals surface area contributed by atoms with Gasteiger partial charge in [-0.25, -0.2) is 9.78 Å². The van der Waals surface area contributed by atoms with E-state index in [-0.39, 0.29) is 30.1 Å². The molecule has 1 aliphatic heterocycles. The number of rotatable bonds is 7. The Balaban J connectivity index is 0.00000450. The monoisotopic (exact) mass is 534 g/mol. The van der Waals surface area contributed by atoms with Gasteiger partial charge >= 0.3 is 6.09 Å². The lowest BCUT2D eigenvalue weighted by Gasteiger charge is -2.36. The predicted molar refractivity (Wildman–Crippen MR) is 131 cm³/mol. The van der Waals surface area contributed by atoms with E-state index in [2.05, 4.69) is 24.8 Å². The number of nitrogens with one attached hydrogen (secondary N) is 1. The number of piperidine rings is 1. The van der Waals surface area contributed by atoms with E-state index < -0.39 is 5.60 Å². The molecule has 0 aliphatic carbocycles. The van der Waals surface area contributed by atoms with Crippen molar-refractivity contribution in [2.24, 2.45) is 10.9 Å². The maximum absolute atomic E-state index is 12.4. The van der Waals surface area contributed by atoms with E-state index in [4.69, 9.17) is 4.74 Å². The van der Waals surface area contributed by atoms with Gasteiger partial charge in [-0.1, -0.05) is 0 Å². The minimum Gasteiger partial charge on any atom is -0.444 e. The van der Waals surface area contributed by atoms with Crippen LogP contribution in [0.1, 0.15) is 47.0 Å². The van der Waals surface area contributed by atoms with E-state index >= 15 is 0 Å². The van der Waals surface area contributed by atoms with Crippen LogP contribution in [-0.4, -0.2) is 76.8 Å². The van der Waals surface area contributed by atoms with E-state index in [9.17, 15) is 4.79 Å². The number of amides is 1. The molecule has 1 amide bonds. The molecule has 1 N–H and O–H groups in total. The maximum Gasteiger partial charge on any atom is 0.410 e. The lowest BCUT2D eigenvalue weighted by Crippen LogP contribution is -2.48. The first-order valence-electron chi connectivity index (χ1n) is 10.7. The number of imidazole rings is 1. The molecule has 0 radical (unpaired) electrons. The summed E-state index contributed by atoms with van der Waals surface area (Å²) in [6.07, 6.45) is 8.54. The molecular formula is C21H39IN6O2. The van der Waals surface area contributed by atoms with E-state index in [0.717, 1.165) is 57.9 Å². The molecule has 1 aromatic rings. The molecule has 8 nitrogen and oxygen atoms in total. The van der Waals surface area contributed by atoms with Crippen molar-refractivity contribution in [3.05, 3.63) is 18.7 Å². The highest BCUT2D eigenvalue weighted by atomic mass is 127. The zero-order valence-electron chi connectivity index (χ0n) is 19.1. The van der Waals surface area contributed by atoms with Gasteiger partial charge in [0.05, 0.1) is 6.33 Å². The van der Waals surface area contributed by atoms with Crippen molar-refractivity contribution in [2.45, 2.75) is 59.1 Å². The summed E-state index contributed by atoms with van der Waals surface area (Å²) in [5.41, 5.74) is -0.454. The first kappa shape index (κ1) is 26.5. The Labute approximate surface area is 198 Å². The van der Waals surface area contributed by atoms with E-state index in [1.54, 1.807) is 6.20 Å². The van der Waals surface area contributed by atoms with Crippen molar-refractivity contribution in [1.82, 2.24) is 24.7 Å². The second-order valence-corrected chi connectivity index (χ2v) is 8.58. The van der Waals surface area contributed by atoms with Crippen molar-refractivity contribution < 1.29 is 9.53 Å². The van der Waals surface area contributed by atoms with Gasteiger partial charge in [0.1, 0.15) is 5.60 Å². The Kier molecular flexibility index (Phi) is 11.5. The number of likely N-dealkylation sites (tertiary alicyclic amines) is 1. The van der Waals surface area contributed by atoms with Crippen molar-refractivity contribution in [3.8, 4) is 0 Å². The zero-order valence-corrected chi connectivity index (χ0v) is 21.5. The lowest BCUT2D eigenvalue weighted by atomic mass is 9.96. The minimum atomic E-state index is -0.454. The highest BCUT2D eigenvalue weighted by molar-refractivity contribution is 14.0. The SMILES string of the molecule is CCN(CC1CCN(C(=NC)NCCCn2ccnc2)CC1)C(=O)OC(C)(C)C.I. The third-order valence-electron chi connectivity index (χ3n) is 5.07. The van der Waals surface area contributed by atoms with Crippen LogP contribution >= 0.6 is 24.0 Å². The number of halogens is 1. The number of carbonyl (C=O) groups excluding carboxylic acids is 1. The van der Waals surface area contributed by atoms with Crippen LogP contribution in [0.5, 0.6) is 0 Å². The fraction of sp³-hybridized carbons (Fsp3) is 0.762. The number of hydrogen-bond donors (Lipinski definition) is 1. The summed E-state index contributed by atoms with van der Waals surface area (Å²) in [7, 11) is 1.84. The summed E-state index contributed by atoms with van der Waals surface area (Å²) in [5, 5.41) is 3.47. The Bertz CT molecular complexity index is 636. The van der Waals surface area contributed by atoms with Crippen LogP contribution in [0.3, 0.4) is 0 Å². The Morgan fingerprint density at radius 1 is 1.33 bits per heavy atom. The largest absolute Gasteiger partial charge is 0.444 e. The summed E-state index contributed by atoms with van der Waals surface area (Å²) in [6, 6.07) is 0. The van der Waals surface area contributed by atoms with Gasteiger partial charge in [-0.05, 0) is 52.9 Å². The number of aromatic nitrogens is 2. The molecule has 0 spiro atoms. The third-order valence-corrected chi connectivity index (χ3v) is 5.07. The number of guanidine groups is 1. The van der Waals surface area contributed by atoms with E-state index in [1.807, 2.05) is 52.2 Å². The third kappa shape index (κ3) is 9.09. The molecule has 0 atom stereocenters. The summed E-state index contributed by atoms with van der Waals surface area (Å²) < 4.78 is 7.62. The summed E-state index contributed by atoms with van der Waals surface area (Å²) in [5.74, 6) is 1.46. The van der Waals surface area contributed by atoms with Gasteiger partial charge < -0.3 is 24.4 Å². The molecule has 0 unspecified atom stereocenters. The fourth-order valence-electron chi connectivity index (χ4n) is 3.51. The number of nitrogens with zero attached hydrogens (tertiary/aromatic N) is 5. The normalized spacial score (nSPS) is 15.5. The van der Waals surface area contributed by atoms with Crippen molar-refractivity contribution in [3.63, 3.8) is 0 Å². The van der Waals surface area contributed by atoms with Crippen LogP contribution in [0.25, 0.3) is 0 Å². The number of hydrogen-bond acceptors (Lipinski definition) is 4. The number of ether oxygens (including phenoxy) is 1. The summed E-state index contributed by atoms with van der Waals surface area (Å²) in [6.45, 7) is 12.9. The first-order valence-corrected chi connectivity index (χ1v) is 10.7. The molecule has 172 valence electrons. The van der Waals surface area contributed by atoms with Gasteiger partial charge in [-0.2, -0.15) is 0 Å². The van der Waals surface area contributed by atoms with Gasteiger partial charge in [0, 0.05) is 58.7 Å². The molecule has 1 saturated heterocycles. The van der Waals surface area contributed by atoms with Crippen LogP contribution < -0.4 is 5.32 Å². The molecule has 30 heavy (non-hydrogen) atoms. The van der Waals surface area contributed by atoms with E-state index in [1.165, 1.54) is 0 Å². The molecule has 0 aromatic carbocycles. The molecule has 1 fully saturated rings. The van der Waals surface area contributed by atoms with Crippen molar-refractivity contribution in [2.75, 3.05) is 39.8 Å². The van der Waals surface area contributed by atoms with Gasteiger partial charge in [0.2, 0.25) is 0 Å². The van der Waals surface area contributed by atoms with Crippen LogP contribution in [0.4, 0.5) is 4.79 Å². The number of carbonyl (C=O) groups is 1. The van der Waals surface area contributed by atoms with Crippen LogP contribution in [-0.2, 0) is 11.3 Å². The van der Waals surface area contributed by atoms with E-state index in [0.29, 0.717) is 12.5 Å². The lowest BCUT2D eigenvalue weighted by molar-refractivity contribution is 0.0214. The Morgan fingerprint density at radius 2 is 2.03 bits per heavy atom. The summed E-state index contributed by atoms with van der Waals surface area (Å²) >= 11 is 0. The zero-order chi connectivity index (χ0) is 21.3. The van der Waals surface area contributed by atoms with Gasteiger partial charge in [0.25, 0.3) is 0 Å². The molecule has 1 aliphatic rings. The topological polar surface area (TPSA) is 75.0 Å². The second-order valence-electron chi connectivity index (χ2n) is 8.58. The van der Waals surface area contributed by atoms with Crippen LogP contribution in [0, 0.1) is 5.92 Å². The molecule has 2 heterocycles. The average Bonchev–Trinajstić information content (AvgIpc) is 3.19. The fourth-order valence-corrected chi connectivity index (χ4v) is 3.51. The molecular weight excluding hydrogens is 495 g/mol. The molecule has 9 heteroatoms. The van der Waals surface area contributed by atoms with Crippen LogP contribution in [0.2, 0.25) is 0 Å². The first-order chi connectivity index (χ1) is 13.8. The molecule has 1 aromatic heterocycles. The molecule has 2 rings (SSSR count). The highest BCUT2D eigenvalue weighted by Crippen LogP contribution is 2.20. The molecule has 0 bridgehead atoms.